The first kappa shape index (κ1) is 25.7. The summed E-state index contributed by atoms with van der Waals surface area (Å²) in [5.74, 6) is -5.24. The fourth-order valence-electron chi connectivity index (χ4n) is 5.54. The number of halogens is 1. The number of carbonyl (C=O) groups is 4. The number of nitrogens with two attached hydrogens (primary N) is 1. The zero-order chi connectivity index (χ0) is 26.6. The highest BCUT2D eigenvalue weighted by Gasteiger charge is 2.60. The Kier molecular flexibility index (Phi) is 6.62. The van der Waals surface area contributed by atoms with Crippen molar-refractivity contribution in [3.05, 3.63) is 34.0 Å². The molecule has 0 saturated carbocycles. The highest BCUT2D eigenvalue weighted by molar-refractivity contribution is 6.35. The average molecular weight is 523 g/mol. The smallest absolute Gasteiger partial charge is 0.352 e. The zero-order valence-electron chi connectivity index (χ0n) is 19.5. The van der Waals surface area contributed by atoms with Crippen LogP contribution in [0, 0.1) is 11.8 Å². The second-order valence-corrected chi connectivity index (χ2v) is 9.86. The predicted molar refractivity (Wildman–Crippen MR) is 125 cm³/mol. The van der Waals surface area contributed by atoms with E-state index in [0.717, 1.165) is 6.07 Å². The van der Waals surface area contributed by atoms with Crippen molar-refractivity contribution in [2.45, 2.75) is 44.5 Å². The molecule has 0 aromatic heterocycles. The molecule has 3 aliphatic heterocycles. The summed E-state index contributed by atoms with van der Waals surface area (Å²) in [7, 11) is 0. The Morgan fingerprint density at radius 2 is 1.94 bits per heavy atom. The van der Waals surface area contributed by atoms with Gasteiger partial charge in [-0.3, -0.25) is 19.3 Å². The minimum absolute atomic E-state index is 0.0241. The molecule has 3 aliphatic rings. The number of aliphatic hydroxyl groups excluding tert-OH is 1. The highest BCUT2D eigenvalue weighted by atomic mass is 35.5. The Labute approximate surface area is 210 Å². The van der Waals surface area contributed by atoms with E-state index in [2.05, 4.69) is 5.32 Å². The third kappa shape index (κ3) is 4.04. The van der Waals surface area contributed by atoms with Crippen LogP contribution in [0.3, 0.4) is 0 Å². The van der Waals surface area contributed by atoms with Crippen LogP contribution in [0.1, 0.15) is 30.6 Å². The largest absolute Gasteiger partial charge is 0.504 e. The number of fused-ring (bicyclic) bond motifs is 1. The van der Waals surface area contributed by atoms with Crippen molar-refractivity contribution in [3.8, 4) is 11.5 Å². The SMILES string of the molecule is C[C@@H](O)[C@H]1C(=O)N2C(C(=O)O)=C(CN3CC(NC(=O)c4ccc(O)c(O)c4Cl)C[C@H]3C(N)=O)[C@H](C)[C@H]12. The number of amides is 3. The van der Waals surface area contributed by atoms with Crippen molar-refractivity contribution in [2.75, 3.05) is 13.1 Å². The number of nitrogens with one attached hydrogen (secondary N) is 1. The maximum Gasteiger partial charge on any atom is 0.352 e. The number of β-lactam (4-membered cyclic amide) rings is 1. The zero-order valence-corrected chi connectivity index (χ0v) is 20.3. The van der Waals surface area contributed by atoms with E-state index >= 15 is 0 Å². The van der Waals surface area contributed by atoms with Crippen molar-refractivity contribution in [1.29, 1.82) is 0 Å². The van der Waals surface area contributed by atoms with E-state index in [1.54, 1.807) is 11.8 Å². The van der Waals surface area contributed by atoms with Crippen LogP contribution >= 0.6 is 11.6 Å². The van der Waals surface area contributed by atoms with Crippen LogP contribution in [0.15, 0.2) is 23.4 Å². The van der Waals surface area contributed by atoms with Gasteiger partial charge in [0, 0.05) is 25.0 Å². The number of carboxylic acid groups (broad SMARTS) is 1. The Balaban J connectivity index is 1.55. The molecule has 0 spiro atoms. The molecule has 1 unspecified atom stereocenters. The summed E-state index contributed by atoms with van der Waals surface area (Å²) < 4.78 is 0. The average Bonchev–Trinajstić information content (AvgIpc) is 3.29. The molecule has 7 N–H and O–H groups in total. The molecule has 3 heterocycles. The van der Waals surface area contributed by atoms with Gasteiger partial charge in [-0.25, -0.2) is 4.79 Å². The molecule has 36 heavy (non-hydrogen) atoms. The lowest BCUT2D eigenvalue weighted by atomic mass is 9.77. The number of aliphatic carboxylic acids is 1. The first-order valence-corrected chi connectivity index (χ1v) is 11.7. The van der Waals surface area contributed by atoms with Gasteiger partial charge < -0.3 is 36.4 Å². The monoisotopic (exact) mass is 522 g/mol. The Morgan fingerprint density at radius 3 is 2.53 bits per heavy atom. The van der Waals surface area contributed by atoms with Gasteiger partial charge in [-0.2, -0.15) is 0 Å². The van der Waals surface area contributed by atoms with E-state index in [9.17, 15) is 39.6 Å². The lowest BCUT2D eigenvalue weighted by molar-refractivity contribution is -0.163. The molecule has 6 atom stereocenters. The maximum atomic E-state index is 12.8. The van der Waals surface area contributed by atoms with Gasteiger partial charge in [-0.05, 0) is 31.1 Å². The number of rotatable bonds is 7. The lowest BCUT2D eigenvalue weighted by Crippen LogP contribution is -2.63. The summed E-state index contributed by atoms with van der Waals surface area (Å²) in [4.78, 5) is 52.5. The van der Waals surface area contributed by atoms with E-state index in [-0.39, 0.29) is 41.7 Å². The molecule has 2 fully saturated rings. The van der Waals surface area contributed by atoms with Gasteiger partial charge in [-0.15, -0.1) is 0 Å². The number of hydrogen-bond donors (Lipinski definition) is 6. The van der Waals surface area contributed by atoms with Crippen molar-refractivity contribution in [3.63, 3.8) is 0 Å². The summed E-state index contributed by atoms with van der Waals surface area (Å²) in [6.07, 6.45) is -0.790. The third-order valence-corrected chi connectivity index (χ3v) is 7.68. The molecular weight excluding hydrogens is 496 g/mol. The number of nitrogens with zero attached hydrogens (tertiary/aromatic N) is 2. The van der Waals surface area contributed by atoms with E-state index in [0.29, 0.717) is 5.57 Å². The van der Waals surface area contributed by atoms with Crippen LogP contribution in [0.5, 0.6) is 11.5 Å². The summed E-state index contributed by atoms with van der Waals surface area (Å²) in [5.41, 5.74) is 5.81. The Morgan fingerprint density at radius 1 is 1.28 bits per heavy atom. The van der Waals surface area contributed by atoms with Gasteiger partial charge in [-0.1, -0.05) is 18.5 Å². The predicted octanol–water partition coefficient (Wildman–Crippen LogP) is -0.395. The molecule has 1 aromatic rings. The van der Waals surface area contributed by atoms with Crippen LogP contribution in [0.25, 0.3) is 0 Å². The molecular formula is C23H27ClN4O8. The van der Waals surface area contributed by atoms with E-state index in [1.807, 2.05) is 0 Å². The van der Waals surface area contributed by atoms with Gasteiger partial charge in [0.2, 0.25) is 11.8 Å². The van der Waals surface area contributed by atoms with Crippen LogP contribution in [-0.2, 0) is 14.4 Å². The number of primary amides is 1. The molecule has 0 bridgehead atoms. The number of phenols is 2. The summed E-state index contributed by atoms with van der Waals surface area (Å²) >= 11 is 5.97. The lowest BCUT2D eigenvalue weighted by Gasteiger charge is -2.46. The molecule has 13 heteroatoms. The second-order valence-electron chi connectivity index (χ2n) is 9.48. The van der Waals surface area contributed by atoms with Crippen LogP contribution < -0.4 is 11.1 Å². The summed E-state index contributed by atoms with van der Waals surface area (Å²) in [6.45, 7) is 3.44. The minimum Gasteiger partial charge on any atom is -0.504 e. The van der Waals surface area contributed by atoms with Gasteiger partial charge in [0.15, 0.2) is 11.5 Å². The standard InChI is InChI=1S/C23H27ClN4O8/c1-8-12(18(23(35)36)28-17(8)15(9(2)29)22(28)34)7-27-6-10(5-13(27)20(25)32)26-21(33)11-3-4-14(30)19(31)16(11)24/h3-4,8-10,13,15,17,29-31H,5-7H2,1-2H3,(H2,25,32)(H,26,33)(H,35,36)/t8-,9+,10?,13-,15+,17+/m0/s1. The van der Waals surface area contributed by atoms with Crippen LogP contribution in [0.2, 0.25) is 5.02 Å². The number of benzene rings is 1. The fourth-order valence-corrected chi connectivity index (χ4v) is 5.79. The van der Waals surface area contributed by atoms with E-state index in [1.165, 1.54) is 17.9 Å². The van der Waals surface area contributed by atoms with Gasteiger partial charge in [0.1, 0.15) is 5.70 Å². The van der Waals surface area contributed by atoms with Gasteiger partial charge >= 0.3 is 5.97 Å². The molecule has 0 aliphatic carbocycles. The number of likely N-dealkylation sites (tertiary alicyclic amines) is 1. The maximum absolute atomic E-state index is 12.8. The Hall–Kier alpha value is -3.35. The van der Waals surface area contributed by atoms with Crippen molar-refractivity contribution in [1.82, 2.24) is 15.1 Å². The highest BCUT2D eigenvalue weighted by Crippen LogP contribution is 2.47. The van der Waals surface area contributed by atoms with Crippen molar-refractivity contribution in [2.24, 2.45) is 17.6 Å². The minimum atomic E-state index is -1.28. The molecule has 1 aromatic carbocycles. The van der Waals surface area contributed by atoms with Gasteiger partial charge in [0.25, 0.3) is 5.91 Å². The van der Waals surface area contributed by atoms with Crippen molar-refractivity contribution >= 4 is 35.3 Å². The third-order valence-electron chi connectivity index (χ3n) is 7.30. The summed E-state index contributed by atoms with van der Waals surface area (Å²) in [6, 6.07) is 0.500. The van der Waals surface area contributed by atoms with Crippen LogP contribution in [-0.4, -0.2) is 91.2 Å². The summed E-state index contributed by atoms with van der Waals surface area (Å²) in [5, 5.41) is 41.6. The number of phenolic OH excluding ortho intramolecular Hbond substituents is 2. The quantitative estimate of drug-likeness (QED) is 0.204. The Bertz CT molecular complexity index is 1180. The first-order valence-electron chi connectivity index (χ1n) is 11.4. The van der Waals surface area contributed by atoms with E-state index in [4.69, 9.17) is 17.3 Å². The van der Waals surface area contributed by atoms with Crippen molar-refractivity contribution < 1.29 is 39.6 Å². The molecule has 3 amide bonds. The number of aromatic hydroxyl groups is 2. The van der Waals surface area contributed by atoms with Crippen LogP contribution in [0.4, 0.5) is 0 Å². The van der Waals surface area contributed by atoms with E-state index < -0.39 is 65.3 Å². The molecule has 194 valence electrons. The number of carboxylic acids is 1. The van der Waals surface area contributed by atoms with Gasteiger partial charge in [0.05, 0.1) is 34.7 Å². The first-order chi connectivity index (χ1) is 16.8. The molecule has 2 saturated heterocycles. The topological polar surface area (TPSA) is 194 Å². The normalized spacial score (nSPS) is 28.6. The second kappa shape index (κ2) is 9.26. The molecule has 4 rings (SSSR count). The molecule has 0 radical (unpaired) electrons. The number of hydrogen-bond acceptors (Lipinski definition) is 8. The molecule has 12 nitrogen and oxygen atoms in total. The number of carbonyl (C=O) groups excluding carboxylic acids is 3. The number of aliphatic hydroxyl groups is 1. The fraction of sp³-hybridized carbons (Fsp3) is 0.478.